The fourth-order valence-electron chi connectivity index (χ4n) is 3.65. The zero-order valence-corrected chi connectivity index (χ0v) is 24.5. The molecule has 0 aliphatic heterocycles. The predicted octanol–water partition coefficient (Wildman–Crippen LogP) is 5.00. The van der Waals surface area contributed by atoms with Gasteiger partial charge in [-0.2, -0.15) is 0 Å². The Labute approximate surface area is 233 Å². The van der Waals surface area contributed by atoms with Gasteiger partial charge in [-0.25, -0.2) is 8.42 Å². The minimum Gasteiger partial charge on any atom is -0.495 e. The van der Waals surface area contributed by atoms with Crippen molar-refractivity contribution in [2.24, 2.45) is 5.92 Å². The summed E-state index contributed by atoms with van der Waals surface area (Å²) in [5, 5.41) is 3.75. The highest BCUT2D eigenvalue weighted by molar-refractivity contribution is 7.92. The lowest BCUT2D eigenvalue weighted by molar-refractivity contribution is -0.140. The lowest BCUT2D eigenvalue weighted by Crippen LogP contribution is -2.52. The van der Waals surface area contributed by atoms with Crippen molar-refractivity contribution in [2.45, 2.75) is 39.8 Å². The molecule has 0 saturated carbocycles. The number of hydrogen-bond donors (Lipinski definition) is 1. The molecule has 2 rings (SSSR count). The van der Waals surface area contributed by atoms with Crippen LogP contribution in [0.15, 0.2) is 36.4 Å². The number of hydrogen-bond acceptors (Lipinski definition) is 5. The number of nitrogens with zero attached hydrogens (tertiary/aromatic N) is 2. The van der Waals surface area contributed by atoms with Gasteiger partial charge in [-0.05, 0) is 42.7 Å². The summed E-state index contributed by atoms with van der Waals surface area (Å²) >= 11 is 18.9. The standard InChI is InChI=1S/C25H32Cl3N3O5S/c1-6-21(25(33)29-13-16(2)3)30(14-18-19(27)8-7-9-20(18)28)24(32)15-31(37(5,34)35)22-12-17(26)10-11-23(22)36-4/h7-12,16,21H,6,13-15H2,1-5H3,(H,29,33)/t21-/m1/s1. The van der Waals surface area contributed by atoms with E-state index in [1.165, 1.54) is 24.1 Å². The second-order valence-corrected chi connectivity index (χ2v) is 12.0. The highest BCUT2D eigenvalue weighted by Crippen LogP contribution is 2.33. The first-order valence-electron chi connectivity index (χ1n) is 11.6. The quantitative estimate of drug-likeness (QED) is 0.374. The molecule has 1 N–H and O–H groups in total. The summed E-state index contributed by atoms with van der Waals surface area (Å²) in [4.78, 5) is 28.3. The number of methoxy groups -OCH3 is 1. The maximum Gasteiger partial charge on any atom is 0.244 e. The number of amides is 2. The minimum absolute atomic E-state index is 0.0962. The van der Waals surface area contributed by atoms with Gasteiger partial charge in [0.05, 0.1) is 19.1 Å². The zero-order valence-electron chi connectivity index (χ0n) is 21.4. The van der Waals surface area contributed by atoms with Crippen molar-refractivity contribution >= 4 is 62.3 Å². The second-order valence-electron chi connectivity index (χ2n) is 8.87. The molecule has 2 aromatic rings. The Morgan fingerprint density at radius 3 is 2.22 bits per heavy atom. The monoisotopic (exact) mass is 591 g/mol. The molecule has 0 bridgehead atoms. The Morgan fingerprint density at radius 2 is 1.70 bits per heavy atom. The van der Waals surface area contributed by atoms with Gasteiger partial charge in [0, 0.05) is 33.7 Å². The molecule has 0 spiro atoms. The first-order chi connectivity index (χ1) is 17.3. The van der Waals surface area contributed by atoms with Crippen molar-refractivity contribution in [3.8, 4) is 5.75 Å². The van der Waals surface area contributed by atoms with E-state index in [1.807, 2.05) is 13.8 Å². The van der Waals surface area contributed by atoms with Crippen LogP contribution in [0, 0.1) is 5.92 Å². The third-order valence-corrected chi connectivity index (χ3v) is 7.62. The number of carbonyl (C=O) groups excluding carboxylic acids is 2. The van der Waals surface area contributed by atoms with Crippen molar-refractivity contribution < 1.29 is 22.7 Å². The molecule has 0 unspecified atom stereocenters. The number of nitrogens with one attached hydrogen (secondary N) is 1. The summed E-state index contributed by atoms with van der Waals surface area (Å²) in [6.45, 7) is 5.38. The molecule has 1 atom stereocenters. The third-order valence-electron chi connectivity index (χ3n) is 5.55. The second kappa shape index (κ2) is 13.6. The molecule has 0 aliphatic rings. The zero-order chi connectivity index (χ0) is 27.9. The predicted molar refractivity (Wildman–Crippen MR) is 149 cm³/mol. The first kappa shape index (κ1) is 31.0. The molecule has 0 heterocycles. The molecule has 0 aromatic heterocycles. The Morgan fingerprint density at radius 1 is 1.08 bits per heavy atom. The summed E-state index contributed by atoms with van der Waals surface area (Å²) in [5.41, 5.74) is 0.541. The van der Waals surface area contributed by atoms with Gasteiger partial charge in [-0.15, -0.1) is 0 Å². The summed E-state index contributed by atoms with van der Waals surface area (Å²) in [6.07, 6.45) is 1.25. The molecule has 12 heteroatoms. The van der Waals surface area contributed by atoms with E-state index >= 15 is 0 Å². The van der Waals surface area contributed by atoms with Crippen molar-refractivity contribution in [2.75, 3.05) is 30.8 Å². The lowest BCUT2D eigenvalue weighted by Gasteiger charge is -2.33. The van der Waals surface area contributed by atoms with Gasteiger partial charge in [-0.1, -0.05) is 61.6 Å². The highest BCUT2D eigenvalue weighted by Gasteiger charge is 2.33. The Bertz CT molecular complexity index is 1200. The summed E-state index contributed by atoms with van der Waals surface area (Å²) in [6, 6.07) is 8.48. The van der Waals surface area contributed by atoms with Gasteiger partial charge in [0.25, 0.3) is 0 Å². The van der Waals surface area contributed by atoms with Crippen molar-refractivity contribution in [1.82, 2.24) is 10.2 Å². The van der Waals surface area contributed by atoms with Crippen LogP contribution in [-0.4, -0.2) is 57.6 Å². The molecule has 8 nitrogen and oxygen atoms in total. The maximum atomic E-state index is 13.8. The van der Waals surface area contributed by atoms with E-state index in [9.17, 15) is 18.0 Å². The minimum atomic E-state index is -3.96. The topological polar surface area (TPSA) is 96.0 Å². The lowest BCUT2D eigenvalue weighted by atomic mass is 10.1. The molecular formula is C25H32Cl3N3O5S. The van der Waals surface area contributed by atoms with E-state index in [4.69, 9.17) is 39.5 Å². The van der Waals surface area contributed by atoms with Crippen LogP contribution in [0.2, 0.25) is 15.1 Å². The average molecular weight is 593 g/mol. The molecule has 0 fully saturated rings. The molecule has 37 heavy (non-hydrogen) atoms. The van der Waals surface area contributed by atoms with Crippen molar-refractivity contribution in [1.29, 1.82) is 0 Å². The fraction of sp³-hybridized carbons (Fsp3) is 0.440. The van der Waals surface area contributed by atoms with Gasteiger partial charge in [0.15, 0.2) is 0 Å². The van der Waals surface area contributed by atoms with E-state index in [-0.39, 0.29) is 41.3 Å². The van der Waals surface area contributed by atoms with E-state index in [0.717, 1.165) is 10.6 Å². The van der Waals surface area contributed by atoms with Gasteiger partial charge in [-0.3, -0.25) is 13.9 Å². The number of rotatable bonds is 12. The molecular weight excluding hydrogens is 561 g/mol. The van der Waals surface area contributed by atoms with Gasteiger partial charge >= 0.3 is 0 Å². The van der Waals surface area contributed by atoms with Crippen LogP contribution in [-0.2, 0) is 26.2 Å². The van der Waals surface area contributed by atoms with E-state index in [2.05, 4.69) is 5.32 Å². The highest BCUT2D eigenvalue weighted by atomic mass is 35.5. The third kappa shape index (κ3) is 8.40. The SMILES string of the molecule is CC[C@H](C(=O)NCC(C)C)N(Cc1c(Cl)cccc1Cl)C(=O)CN(c1cc(Cl)ccc1OC)S(C)(=O)=O. The van der Waals surface area contributed by atoms with Gasteiger partial charge < -0.3 is 15.0 Å². The van der Waals surface area contributed by atoms with E-state index < -0.39 is 28.5 Å². The number of sulfonamides is 1. The number of anilines is 1. The number of carbonyl (C=O) groups is 2. The number of benzene rings is 2. The summed E-state index contributed by atoms with van der Waals surface area (Å²) < 4.78 is 31.9. The normalized spacial score (nSPS) is 12.2. The van der Waals surface area contributed by atoms with Crippen LogP contribution in [0.3, 0.4) is 0 Å². The summed E-state index contributed by atoms with van der Waals surface area (Å²) in [5.74, 6) is -0.585. The van der Waals surface area contributed by atoms with Crippen molar-refractivity contribution in [3.63, 3.8) is 0 Å². The number of ether oxygens (including phenoxy) is 1. The van der Waals surface area contributed by atoms with Crippen molar-refractivity contribution in [3.05, 3.63) is 57.0 Å². The molecule has 204 valence electrons. The largest absolute Gasteiger partial charge is 0.495 e. The van der Waals surface area contributed by atoms with Crippen LogP contribution in [0.25, 0.3) is 0 Å². The fourth-order valence-corrected chi connectivity index (χ4v) is 5.18. The Balaban J connectivity index is 2.55. The van der Waals surface area contributed by atoms with Crippen LogP contribution in [0.5, 0.6) is 5.75 Å². The summed E-state index contributed by atoms with van der Waals surface area (Å²) in [7, 11) is -2.58. The molecule has 2 amide bonds. The smallest absolute Gasteiger partial charge is 0.244 e. The van der Waals surface area contributed by atoms with Crippen LogP contribution >= 0.6 is 34.8 Å². The maximum absolute atomic E-state index is 13.8. The van der Waals surface area contributed by atoms with Crippen LogP contribution < -0.4 is 14.4 Å². The molecule has 0 radical (unpaired) electrons. The van der Waals surface area contributed by atoms with Crippen LogP contribution in [0.1, 0.15) is 32.8 Å². The van der Waals surface area contributed by atoms with E-state index in [0.29, 0.717) is 22.2 Å². The van der Waals surface area contributed by atoms with Crippen LogP contribution in [0.4, 0.5) is 5.69 Å². The molecule has 0 saturated heterocycles. The number of halogens is 3. The van der Waals surface area contributed by atoms with Gasteiger partial charge in [0.2, 0.25) is 21.8 Å². The van der Waals surface area contributed by atoms with Gasteiger partial charge in [0.1, 0.15) is 18.3 Å². The molecule has 0 aliphatic carbocycles. The van der Waals surface area contributed by atoms with E-state index in [1.54, 1.807) is 31.2 Å². The first-order valence-corrected chi connectivity index (χ1v) is 14.6. The Hall–Kier alpha value is -2.20. The average Bonchev–Trinajstić information content (AvgIpc) is 2.81. The molecule has 2 aromatic carbocycles. The Kier molecular flexibility index (Phi) is 11.4.